The molecule has 0 saturated heterocycles. The summed E-state index contributed by atoms with van der Waals surface area (Å²) in [6.07, 6.45) is 1.32. The molecule has 0 fully saturated rings. The lowest BCUT2D eigenvalue weighted by Crippen LogP contribution is -2.34. The number of carboxylic acids is 2. The second kappa shape index (κ2) is 6.75. The van der Waals surface area contributed by atoms with E-state index in [1.165, 1.54) is 13.1 Å². The third-order valence-electron chi connectivity index (χ3n) is 2.85. The van der Waals surface area contributed by atoms with E-state index in [0.717, 1.165) is 4.90 Å². The molecule has 1 aromatic heterocycles. The van der Waals surface area contributed by atoms with E-state index in [2.05, 4.69) is 4.98 Å². The first-order chi connectivity index (χ1) is 9.72. The molecule has 0 unspecified atom stereocenters. The highest BCUT2D eigenvalue weighted by Gasteiger charge is 2.21. The Morgan fingerprint density at radius 1 is 1.29 bits per heavy atom. The van der Waals surface area contributed by atoms with Crippen molar-refractivity contribution in [3.05, 3.63) is 33.1 Å². The Morgan fingerprint density at radius 3 is 2.24 bits per heavy atom. The minimum Gasteiger partial charge on any atom is -0.480 e. The van der Waals surface area contributed by atoms with Crippen LogP contribution < -0.4 is 0 Å². The zero-order valence-corrected chi connectivity index (χ0v) is 11.6. The van der Waals surface area contributed by atoms with E-state index < -0.39 is 30.0 Å². The van der Waals surface area contributed by atoms with Gasteiger partial charge in [-0.1, -0.05) is 0 Å². The molecular weight excluding hydrogens is 282 g/mol. The van der Waals surface area contributed by atoms with Crippen molar-refractivity contribution in [3.8, 4) is 0 Å². The zero-order valence-electron chi connectivity index (χ0n) is 11.6. The van der Waals surface area contributed by atoms with E-state index in [-0.39, 0.29) is 17.9 Å². The molecule has 0 saturated carbocycles. The quantitative estimate of drug-likeness (QED) is 0.551. The van der Waals surface area contributed by atoms with E-state index in [4.69, 9.17) is 10.2 Å². The topological polar surface area (TPSA) is 134 Å². The summed E-state index contributed by atoms with van der Waals surface area (Å²) in [7, 11) is 0. The van der Waals surface area contributed by atoms with Crippen LogP contribution in [0.4, 0.5) is 5.69 Å². The van der Waals surface area contributed by atoms with Crippen LogP contribution in [-0.4, -0.2) is 50.0 Å². The number of aliphatic carboxylic acids is 2. The highest BCUT2D eigenvalue weighted by atomic mass is 16.6. The summed E-state index contributed by atoms with van der Waals surface area (Å²) < 4.78 is 0. The molecule has 21 heavy (non-hydrogen) atoms. The minimum absolute atomic E-state index is 0.0917. The fourth-order valence-corrected chi connectivity index (χ4v) is 1.97. The van der Waals surface area contributed by atoms with Crippen molar-refractivity contribution in [1.29, 1.82) is 0 Å². The Hall–Kier alpha value is -2.55. The van der Waals surface area contributed by atoms with Gasteiger partial charge in [0.05, 0.1) is 23.7 Å². The average molecular weight is 297 g/mol. The van der Waals surface area contributed by atoms with Crippen molar-refractivity contribution in [2.24, 2.45) is 0 Å². The summed E-state index contributed by atoms with van der Waals surface area (Å²) in [5.74, 6) is -2.37. The molecule has 9 heteroatoms. The molecule has 0 aromatic carbocycles. The Bertz CT molecular complexity index is 571. The molecule has 0 bridgehead atoms. The maximum absolute atomic E-state index is 11.0. The standard InChI is InChI=1S/C12H15N3O6/c1-7-3-13-9(8(2)12(7)15(20)21)4-14(5-10(16)17)6-11(18)19/h3H,4-6H2,1-2H3,(H,16,17)(H,18,19). The van der Waals surface area contributed by atoms with Gasteiger partial charge >= 0.3 is 11.9 Å². The number of carbonyl (C=O) groups is 2. The van der Waals surface area contributed by atoms with Crippen LogP contribution in [0.1, 0.15) is 16.8 Å². The highest BCUT2D eigenvalue weighted by molar-refractivity contribution is 5.72. The number of hydrogen-bond donors (Lipinski definition) is 2. The van der Waals surface area contributed by atoms with Crippen molar-refractivity contribution < 1.29 is 24.7 Å². The molecule has 9 nitrogen and oxygen atoms in total. The highest BCUT2D eigenvalue weighted by Crippen LogP contribution is 2.24. The molecule has 0 aliphatic carbocycles. The summed E-state index contributed by atoms with van der Waals surface area (Å²) in [5.41, 5.74) is 0.894. The Balaban J connectivity index is 3.09. The Morgan fingerprint density at radius 2 is 1.81 bits per heavy atom. The van der Waals surface area contributed by atoms with E-state index in [1.807, 2.05) is 0 Å². The Labute approximate surface area is 120 Å². The van der Waals surface area contributed by atoms with Gasteiger partial charge < -0.3 is 10.2 Å². The molecule has 0 radical (unpaired) electrons. The molecule has 0 atom stereocenters. The summed E-state index contributed by atoms with van der Waals surface area (Å²) in [4.78, 5) is 37.1. The third-order valence-corrected chi connectivity index (χ3v) is 2.85. The van der Waals surface area contributed by atoms with Crippen LogP contribution in [-0.2, 0) is 16.1 Å². The van der Waals surface area contributed by atoms with E-state index in [1.54, 1.807) is 6.92 Å². The smallest absolute Gasteiger partial charge is 0.317 e. The van der Waals surface area contributed by atoms with Gasteiger partial charge in [0.1, 0.15) is 0 Å². The van der Waals surface area contributed by atoms with E-state index in [0.29, 0.717) is 11.1 Å². The predicted octanol–water partition coefficient (Wildman–Crippen LogP) is 0.578. The lowest BCUT2D eigenvalue weighted by Gasteiger charge is -2.18. The number of carboxylic acid groups (broad SMARTS) is 2. The number of aryl methyl sites for hydroxylation is 1. The van der Waals surface area contributed by atoms with Gasteiger partial charge in [0.25, 0.3) is 5.69 Å². The maximum Gasteiger partial charge on any atom is 0.317 e. The number of aromatic nitrogens is 1. The maximum atomic E-state index is 11.0. The molecule has 2 N–H and O–H groups in total. The Kier molecular flexibility index (Phi) is 5.30. The molecule has 0 spiro atoms. The van der Waals surface area contributed by atoms with Crippen LogP contribution in [0.3, 0.4) is 0 Å². The monoisotopic (exact) mass is 297 g/mol. The van der Waals surface area contributed by atoms with Crippen molar-refractivity contribution in [3.63, 3.8) is 0 Å². The van der Waals surface area contributed by atoms with Crippen LogP contribution in [0, 0.1) is 24.0 Å². The fraction of sp³-hybridized carbons (Fsp3) is 0.417. The molecule has 0 amide bonds. The van der Waals surface area contributed by atoms with Crippen LogP contribution in [0.2, 0.25) is 0 Å². The van der Waals surface area contributed by atoms with Crippen LogP contribution >= 0.6 is 0 Å². The summed E-state index contributed by atoms with van der Waals surface area (Å²) in [6.45, 7) is 1.98. The van der Waals surface area contributed by atoms with Crippen molar-refractivity contribution >= 4 is 17.6 Å². The number of pyridine rings is 1. The summed E-state index contributed by atoms with van der Waals surface area (Å²) in [6, 6.07) is 0. The number of hydrogen-bond acceptors (Lipinski definition) is 6. The van der Waals surface area contributed by atoms with Gasteiger partial charge in [-0.15, -0.1) is 0 Å². The lowest BCUT2D eigenvalue weighted by atomic mass is 10.1. The normalized spacial score (nSPS) is 10.6. The van der Waals surface area contributed by atoms with Gasteiger partial charge in [0.2, 0.25) is 0 Å². The van der Waals surface area contributed by atoms with Gasteiger partial charge in [-0.25, -0.2) is 0 Å². The van der Waals surface area contributed by atoms with Crippen LogP contribution in [0.25, 0.3) is 0 Å². The molecule has 114 valence electrons. The number of rotatable bonds is 7. The van der Waals surface area contributed by atoms with Gasteiger partial charge in [0, 0.05) is 23.9 Å². The zero-order chi connectivity index (χ0) is 16.2. The van der Waals surface area contributed by atoms with Gasteiger partial charge in [-0.2, -0.15) is 0 Å². The van der Waals surface area contributed by atoms with Crippen molar-refractivity contribution in [2.75, 3.05) is 13.1 Å². The second-order valence-electron chi connectivity index (χ2n) is 4.55. The number of nitro groups is 1. The second-order valence-corrected chi connectivity index (χ2v) is 4.55. The van der Waals surface area contributed by atoms with Crippen LogP contribution in [0.5, 0.6) is 0 Å². The van der Waals surface area contributed by atoms with E-state index in [9.17, 15) is 19.7 Å². The van der Waals surface area contributed by atoms with Crippen molar-refractivity contribution in [1.82, 2.24) is 9.88 Å². The van der Waals surface area contributed by atoms with Gasteiger partial charge in [-0.05, 0) is 13.8 Å². The first kappa shape index (κ1) is 16.5. The van der Waals surface area contributed by atoms with Crippen LogP contribution in [0.15, 0.2) is 6.20 Å². The SMILES string of the molecule is Cc1cnc(CN(CC(=O)O)CC(=O)O)c(C)c1[N+](=O)[O-]. The molecule has 1 heterocycles. The lowest BCUT2D eigenvalue weighted by molar-refractivity contribution is -0.386. The summed E-state index contributed by atoms with van der Waals surface area (Å²) >= 11 is 0. The van der Waals surface area contributed by atoms with E-state index >= 15 is 0 Å². The molecule has 0 aliphatic rings. The minimum atomic E-state index is -1.18. The third kappa shape index (κ3) is 4.49. The van der Waals surface area contributed by atoms with Gasteiger partial charge in [-0.3, -0.25) is 29.6 Å². The largest absolute Gasteiger partial charge is 0.480 e. The fourth-order valence-electron chi connectivity index (χ4n) is 1.97. The first-order valence-corrected chi connectivity index (χ1v) is 5.97. The predicted molar refractivity (Wildman–Crippen MR) is 70.9 cm³/mol. The van der Waals surface area contributed by atoms with Gasteiger partial charge in [0.15, 0.2) is 0 Å². The average Bonchev–Trinajstić information content (AvgIpc) is 2.30. The number of nitrogens with zero attached hydrogens (tertiary/aromatic N) is 3. The molecule has 1 aromatic rings. The molecular formula is C12H15N3O6. The summed E-state index contributed by atoms with van der Waals surface area (Å²) in [5, 5.41) is 28.5. The molecule has 0 aliphatic heterocycles. The first-order valence-electron chi connectivity index (χ1n) is 5.97. The molecule has 1 rings (SSSR count). The van der Waals surface area contributed by atoms with Crippen molar-refractivity contribution in [2.45, 2.75) is 20.4 Å².